The van der Waals surface area contributed by atoms with Crippen LogP contribution in [0.15, 0.2) is 49.6 Å². The zero-order valence-corrected chi connectivity index (χ0v) is 9.43. The number of benzene rings is 1. The van der Waals surface area contributed by atoms with Crippen LogP contribution in [0.25, 0.3) is 0 Å². The Balaban J connectivity index is 2.64. The summed E-state index contributed by atoms with van der Waals surface area (Å²) in [5.74, 6) is 0. The first kappa shape index (κ1) is 12.4. The summed E-state index contributed by atoms with van der Waals surface area (Å²) in [5.41, 5.74) is 1.90. The molecule has 1 aromatic rings. The molecular weight excluding hydrogens is 198 g/mol. The van der Waals surface area contributed by atoms with Gasteiger partial charge in [0, 0.05) is 25.2 Å². The van der Waals surface area contributed by atoms with Crippen LogP contribution >= 0.6 is 0 Å². The summed E-state index contributed by atoms with van der Waals surface area (Å²) in [4.78, 5) is 12.7. The van der Waals surface area contributed by atoms with Gasteiger partial charge in [0.05, 0.1) is 0 Å². The lowest BCUT2D eigenvalue weighted by Gasteiger charge is -2.18. The predicted octanol–water partition coefficient (Wildman–Crippen LogP) is 2.67. The highest BCUT2D eigenvalue weighted by Gasteiger charge is 2.01. The molecule has 2 nitrogen and oxygen atoms in total. The fourth-order valence-corrected chi connectivity index (χ4v) is 1.53. The van der Waals surface area contributed by atoms with E-state index >= 15 is 0 Å². The molecule has 0 aromatic heterocycles. The summed E-state index contributed by atoms with van der Waals surface area (Å²) < 4.78 is 0. The summed E-state index contributed by atoms with van der Waals surface area (Å²) in [6, 6.07) is 7.62. The molecule has 0 spiro atoms. The number of carbonyl (C=O) groups is 1. The molecule has 0 atom stereocenters. The van der Waals surface area contributed by atoms with E-state index in [9.17, 15) is 4.79 Å². The maximum absolute atomic E-state index is 10.5. The smallest absolute Gasteiger partial charge is 0.150 e. The van der Waals surface area contributed by atoms with E-state index in [0.29, 0.717) is 5.56 Å². The molecule has 0 unspecified atom stereocenters. The molecule has 0 N–H and O–H groups in total. The summed E-state index contributed by atoms with van der Waals surface area (Å²) in [5, 5.41) is 0. The summed E-state index contributed by atoms with van der Waals surface area (Å²) in [6.45, 7) is 9.97. The first-order valence-electron chi connectivity index (χ1n) is 5.28. The molecule has 0 aliphatic carbocycles. The molecule has 1 aromatic carbocycles. The van der Waals surface area contributed by atoms with Crippen molar-refractivity contribution in [2.24, 2.45) is 0 Å². The highest BCUT2D eigenvalue weighted by Crippen LogP contribution is 2.06. The minimum atomic E-state index is 0.711. The molecule has 0 radical (unpaired) electrons. The summed E-state index contributed by atoms with van der Waals surface area (Å²) in [6.07, 6.45) is 4.61. The molecule has 16 heavy (non-hydrogen) atoms. The third kappa shape index (κ3) is 3.83. The van der Waals surface area contributed by atoms with Gasteiger partial charge in [-0.25, -0.2) is 0 Å². The van der Waals surface area contributed by atoms with Gasteiger partial charge < -0.3 is 0 Å². The maximum Gasteiger partial charge on any atom is 0.150 e. The average Bonchev–Trinajstić information content (AvgIpc) is 2.31. The van der Waals surface area contributed by atoms with Crippen LogP contribution in [0.3, 0.4) is 0 Å². The van der Waals surface area contributed by atoms with Crippen molar-refractivity contribution in [2.75, 3.05) is 13.1 Å². The van der Waals surface area contributed by atoms with Crippen LogP contribution in [0.4, 0.5) is 0 Å². The zero-order chi connectivity index (χ0) is 11.8. The number of nitrogens with zero attached hydrogens (tertiary/aromatic N) is 1. The molecular formula is C14H17NO. The number of carbonyl (C=O) groups excluding carboxylic acids is 1. The second kappa shape index (κ2) is 6.75. The SMILES string of the molecule is C=CCN(CC=C)Cc1ccc(C=O)cc1. The van der Waals surface area contributed by atoms with Crippen molar-refractivity contribution in [2.45, 2.75) is 6.54 Å². The van der Waals surface area contributed by atoms with Gasteiger partial charge in [-0.1, -0.05) is 36.4 Å². The van der Waals surface area contributed by atoms with E-state index < -0.39 is 0 Å². The van der Waals surface area contributed by atoms with Crippen molar-refractivity contribution in [3.63, 3.8) is 0 Å². The number of hydrogen-bond donors (Lipinski definition) is 0. The van der Waals surface area contributed by atoms with Crippen molar-refractivity contribution >= 4 is 6.29 Å². The lowest BCUT2D eigenvalue weighted by atomic mass is 10.1. The van der Waals surface area contributed by atoms with Gasteiger partial charge in [0.1, 0.15) is 6.29 Å². The third-order valence-electron chi connectivity index (χ3n) is 2.30. The highest BCUT2D eigenvalue weighted by atomic mass is 16.1. The standard InChI is InChI=1S/C14H17NO/c1-3-9-15(10-4-2)11-13-5-7-14(12-16)8-6-13/h3-8,12H,1-2,9-11H2. The lowest BCUT2D eigenvalue weighted by molar-refractivity contribution is 0.112. The Bertz CT molecular complexity index is 344. The van der Waals surface area contributed by atoms with Gasteiger partial charge in [-0.2, -0.15) is 0 Å². The number of aldehydes is 1. The van der Waals surface area contributed by atoms with Gasteiger partial charge in [-0.15, -0.1) is 13.2 Å². The Labute approximate surface area is 96.9 Å². The highest BCUT2D eigenvalue weighted by molar-refractivity contribution is 5.74. The third-order valence-corrected chi connectivity index (χ3v) is 2.30. The van der Waals surface area contributed by atoms with E-state index in [2.05, 4.69) is 18.1 Å². The van der Waals surface area contributed by atoms with Gasteiger partial charge in [0.2, 0.25) is 0 Å². The fraction of sp³-hybridized carbons (Fsp3) is 0.214. The molecule has 84 valence electrons. The Kier molecular flexibility index (Phi) is 5.23. The van der Waals surface area contributed by atoms with E-state index in [4.69, 9.17) is 0 Å². The predicted molar refractivity (Wildman–Crippen MR) is 67.5 cm³/mol. The lowest BCUT2D eigenvalue weighted by Crippen LogP contribution is -2.23. The molecule has 0 bridgehead atoms. The molecule has 0 saturated heterocycles. The molecule has 0 amide bonds. The Morgan fingerprint density at radius 1 is 1.06 bits per heavy atom. The monoisotopic (exact) mass is 215 g/mol. The second-order valence-electron chi connectivity index (χ2n) is 3.63. The topological polar surface area (TPSA) is 20.3 Å². The van der Waals surface area contributed by atoms with Gasteiger partial charge in [0.25, 0.3) is 0 Å². The number of rotatable bonds is 7. The van der Waals surface area contributed by atoms with Crippen LogP contribution in [0.5, 0.6) is 0 Å². The van der Waals surface area contributed by atoms with E-state index in [-0.39, 0.29) is 0 Å². The van der Waals surface area contributed by atoms with Crippen molar-refractivity contribution in [3.8, 4) is 0 Å². The van der Waals surface area contributed by atoms with E-state index in [1.54, 1.807) is 0 Å². The van der Waals surface area contributed by atoms with Crippen molar-refractivity contribution < 1.29 is 4.79 Å². The largest absolute Gasteiger partial charge is 0.298 e. The average molecular weight is 215 g/mol. The molecule has 0 aliphatic heterocycles. The van der Waals surface area contributed by atoms with Crippen LogP contribution in [0.1, 0.15) is 15.9 Å². The molecule has 0 aliphatic rings. The summed E-state index contributed by atoms with van der Waals surface area (Å²) in [7, 11) is 0. The summed E-state index contributed by atoms with van der Waals surface area (Å²) >= 11 is 0. The van der Waals surface area contributed by atoms with E-state index in [1.165, 1.54) is 5.56 Å². The van der Waals surface area contributed by atoms with Gasteiger partial charge >= 0.3 is 0 Å². The van der Waals surface area contributed by atoms with Gasteiger partial charge in [-0.3, -0.25) is 9.69 Å². The molecule has 0 heterocycles. The quantitative estimate of drug-likeness (QED) is 0.515. The fourth-order valence-electron chi connectivity index (χ4n) is 1.53. The molecule has 1 rings (SSSR count). The van der Waals surface area contributed by atoms with E-state index in [0.717, 1.165) is 25.9 Å². The van der Waals surface area contributed by atoms with Crippen LogP contribution in [0, 0.1) is 0 Å². The van der Waals surface area contributed by atoms with Crippen LogP contribution in [-0.2, 0) is 6.54 Å². The minimum absolute atomic E-state index is 0.711. The van der Waals surface area contributed by atoms with Crippen molar-refractivity contribution in [1.29, 1.82) is 0 Å². The number of hydrogen-bond acceptors (Lipinski definition) is 2. The van der Waals surface area contributed by atoms with Crippen LogP contribution in [0.2, 0.25) is 0 Å². The molecule has 2 heteroatoms. The Morgan fingerprint density at radius 2 is 1.62 bits per heavy atom. The zero-order valence-electron chi connectivity index (χ0n) is 9.43. The Hall–Kier alpha value is -1.67. The Morgan fingerprint density at radius 3 is 2.06 bits per heavy atom. The normalized spacial score (nSPS) is 10.1. The first-order chi connectivity index (χ1) is 7.80. The van der Waals surface area contributed by atoms with Crippen molar-refractivity contribution in [3.05, 3.63) is 60.7 Å². The second-order valence-corrected chi connectivity index (χ2v) is 3.63. The van der Waals surface area contributed by atoms with Gasteiger partial charge in [0.15, 0.2) is 0 Å². The molecule has 0 fully saturated rings. The van der Waals surface area contributed by atoms with Crippen LogP contribution in [-0.4, -0.2) is 24.3 Å². The van der Waals surface area contributed by atoms with Gasteiger partial charge in [-0.05, 0) is 5.56 Å². The first-order valence-corrected chi connectivity index (χ1v) is 5.28. The maximum atomic E-state index is 10.5. The van der Waals surface area contributed by atoms with Crippen molar-refractivity contribution in [1.82, 2.24) is 4.90 Å². The minimum Gasteiger partial charge on any atom is -0.298 e. The van der Waals surface area contributed by atoms with E-state index in [1.807, 2.05) is 36.4 Å². The van der Waals surface area contributed by atoms with Crippen LogP contribution < -0.4 is 0 Å². The molecule has 0 saturated carbocycles.